The van der Waals surface area contributed by atoms with Crippen molar-refractivity contribution in [3.8, 4) is 11.3 Å². The molecule has 0 N–H and O–H groups in total. The second kappa shape index (κ2) is 9.12. The lowest BCUT2D eigenvalue weighted by Crippen LogP contribution is -2.26. The van der Waals surface area contributed by atoms with Crippen molar-refractivity contribution < 1.29 is 22.0 Å². The smallest absolute Gasteiger partial charge is 0.256 e. The van der Waals surface area contributed by atoms with E-state index in [2.05, 4.69) is 18.8 Å². The van der Waals surface area contributed by atoms with Crippen LogP contribution in [-0.4, -0.2) is 9.97 Å². The Morgan fingerprint density at radius 1 is 0.583 bits per heavy atom. The second-order valence-corrected chi connectivity index (χ2v) is 9.71. The summed E-state index contributed by atoms with van der Waals surface area (Å²) >= 11 is 0. The molecule has 0 atom stereocenters. The van der Waals surface area contributed by atoms with E-state index in [0.717, 1.165) is 17.3 Å². The van der Waals surface area contributed by atoms with Gasteiger partial charge >= 0.3 is 6.18 Å². The first-order valence-electron chi connectivity index (χ1n) is 11.4. The van der Waals surface area contributed by atoms with Gasteiger partial charge < -0.3 is 0 Å². The van der Waals surface area contributed by atoms with Crippen LogP contribution >= 0.6 is 0 Å². The molecule has 0 unspecified atom stereocenters. The van der Waals surface area contributed by atoms with E-state index in [1.807, 2.05) is 62.4 Å². The molecule has 0 amide bonds. The fourth-order valence-corrected chi connectivity index (χ4v) is 4.21. The number of nitrogens with zero attached hydrogens (tertiary/aromatic N) is 2. The van der Waals surface area contributed by atoms with E-state index in [9.17, 15) is 22.0 Å². The summed E-state index contributed by atoms with van der Waals surface area (Å²) in [6.07, 6.45) is -5.17. The third kappa shape index (κ3) is 4.62. The van der Waals surface area contributed by atoms with Crippen LogP contribution in [0.5, 0.6) is 0 Å². The molecule has 7 heteroatoms. The fraction of sp³-hybridized carbons (Fsp3) is 0.241. The zero-order valence-electron chi connectivity index (χ0n) is 20.3. The van der Waals surface area contributed by atoms with Crippen molar-refractivity contribution in [2.75, 3.05) is 0 Å². The Morgan fingerprint density at radius 3 is 1.75 bits per heavy atom. The number of hydrogen-bond donors (Lipinski definition) is 0. The average Bonchev–Trinajstić information content (AvgIpc) is 2.84. The van der Waals surface area contributed by atoms with Gasteiger partial charge in [-0.05, 0) is 55.8 Å². The lowest BCUT2D eigenvalue weighted by Gasteiger charge is -2.29. The maximum Gasteiger partial charge on any atom is 0.422 e. The molecule has 0 aliphatic carbocycles. The first-order chi connectivity index (χ1) is 16.8. The van der Waals surface area contributed by atoms with Crippen LogP contribution in [-0.2, 0) is 17.0 Å². The van der Waals surface area contributed by atoms with Crippen molar-refractivity contribution >= 4 is 0 Å². The lowest BCUT2D eigenvalue weighted by atomic mass is 9.79. The molecule has 2 heterocycles. The molecule has 0 aliphatic heterocycles. The van der Waals surface area contributed by atoms with E-state index >= 15 is 0 Å². The summed E-state index contributed by atoms with van der Waals surface area (Å²) < 4.78 is 68.3. The fourth-order valence-electron chi connectivity index (χ4n) is 4.21. The Hall–Kier alpha value is -3.61. The first-order valence-corrected chi connectivity index (χ1v) is 11.4. The maximum absolute atomic E-state index is 14.8. The van der Waals surface area contributed by atoms with Crippen molar-refractivity contribution in [1.82, 2.24) is 9.97 Å². The standard InChI is InChI=1S/C29H25F5N2/c1-27(2,18-10-6-5-7-11-18)22-14-9-15-24(36-22)28(3,4)23-13-8-12-21(35-23)19-16-17-20(30)25(26(19)31)29(32,33)34/h5-17H,1-4H3. The highest BCUT2D eigenvalue weighted by molar-refractivity contribution is 5.62. The van der Waals surface area contributed by atoms with E-state index in [1.165, 1.54) is 6.07 Å². The SMILES string of the molecule is CC(C)(c1ccccc1)c1cccc(C(C)(C)c2cccc(-c3ccc(F)c(C(F)(F)F)c3F)n2)n1. The molecule has 4 aromatic rings. The summed E-state index contributed by atoms with van der Waals surface area (Å²) in [4.78, 5) is 9.42. The Labute approximate surface area is 206 Å². The van der Waals surface area contributed by atoms with Gasteiger partial charge in [0.1, 0.15) is 17.2 Å². The lowest BCUT2D eigenvalue weighted by molar-refractivity contribution is -0.142. The van der Waals surface area contributed by atoms with Gasteiger partial charge in [-0.3, -0.25) is 9.97 Å². The number of aromatic nitrogens is 2. The molecule has 2 nitrogen and oxygen atoms in total. The predicted octanol–water partition coefficient (Wildman–Crippen LogP) is 8.09. The van der Waals surface area contributed by atoms with Gasteiger partial charge in [0.15, 0.2) is 0 Å². The highest BCUT2D eigenvalue weighted by atomic mass is 19.4. The number of rotatable bonds is 5. The predicted molar refractivity (Wildman–Crippen MR) is 130 cm³/mol. The van der Waals surface area contributed by atoms with Crippen LogP contribution in [0, 0.1) is 11.6 Å². The Kier molecular flexibility index (Phi) is 6.45. The molecule has 0 aliphatic rings. The molecular formula is C29H25F5N2. The minimum atomic E-state index is -5.17. The zero-order valence-corrected chi connectivity index (χ0v) is 20.3. The topological polar surface area (TPSA) is 25.8 Å². The van der Waals surface area contributed by atoms with Crippen molar-refractivity contribution in [1.29, 1.82) is 0 Å². The summed E-state index contributed by atoms with van der Waals surface area (Å²) in [6, 6.07) is 22.0. The Balaban J connectivity index is 1.77. The molecule has 36 heavy (non-hydrogen) atoms. The van der Waals surface area contributed by atoms with E-state index in [4.69, 9.17) is 4.98 Å². The van der Waals surface area contributed by atoms with Crippen LogP contribution in [0.1, 0.15) is 55.9 Å². The van der Waals surface area contributed by atoms with Gasteiger partial charge in [0.05, 0.1) is 22.8 Å². The number of halogens is 5. The first kappa shape index (κ1) is 25.5. The van der Waals surface area contributed by atoms with Crippen LogP contribution in [0.3, 0.4) is 0 Å². The van der Waals surface area contributed by atoms with Crippen LogP contribution in [0.4, 0.5) is 22.0 Å². The van der Waals surface area contributed by atoms with E-state index in [-0.39, 0.29) is 11.1 Å². The van der Waals surface area contributed by atoms with Crippen molar-refractivity contribution in [3.63, 3.8) is 0 Å². The molecule has 4 rings (SSSR count). The van der Waals surface area contributed by atoms with E-state index in [1.54, 1.807) is 12.1 Å². The third-order valence-corrected chi connectivity index (χ3v) is 6.57. The Morgan fingerprint density at radius 2 is 1.14 bits per heavy atom. The molecular weight excluding hydrogens is 471 g/mol. The van der Waals surface area contributed by atoms with Gasteiger partial charge in [-0.25, -0.2) is 8.78 Å². The van der Waals surface area contributed by atoms with Crippen molar-refractivity contribution in [2.24, 2.45) is 0 Å². The number of alkyl halides is 3. The zero-order chi connectivity index (χ0) is 26.3. The normalized spacial score (nSPS) is 12.6. The molecule has 0 spiro atoms. The molecule has 2 aromatic heterocycles. The van der Waals surface area contributed by atoms with Crippen LogP contribution in [0.2, 0.25) is 0 Å². The molecule has 0 saturated heterocycles. The minimum absolute atomic E-state index is 0.0238. The maximum atomic E-state index is 14.8. The molecule has 186 valence electrons. The van der Waals surface area contributed by atoms with Crippen molar-refractivity contribution in [2.45, 2.75) is 44.7 Å². The van der Waals surface area contributed by atoms with Gasteiger partial charge in [-0.15, -0.1) is 0 Å². The van der Waals surface area contributed by atoms with Gasteiger partial charge in [-0.1, -0.05) is 56.3 Å². The van der Waals surface area contributed by atoms with Crippen molar-refractivity contribution in [3.05, 3.63) is 119 Å². The van der Waals surface area contributed by atoms with Crippen LogP contribution < -0.4 is 0 Å². The van der Waals surface area contributed by atoms with Gasteiger partial charge in [0.25, 0.3) is 0 Å². The van der Waals surface area contributed by atoms with Gasteiger partial charge in [0, 0.05) is 16.4 Å². The van der Waals surface area contributed by atoms with E-state index < -0.39 is 34.4 Å². The molecule has 2 aromatic carbocycles. The number of pyridine rings is 2. The van der Waals surface area contributed by atoms with Crippen LogP contribution in [0.25, 0.3) is 11.3 Å². The second-order valence-electron chi connectivity index (χ2n) is 9.71. The van der Waals surface area contributed by atoms with E-state index in [0.29, 0.717) is 17.5 Å². The molecule has 0 fully saturated rings. The third-order valence-electron chi connectivity index (χ3n) is 6.57. The molecule has 0 saturated carbocycles. The monoisotopic (exact) mass is 496 g/mol. The quantitative estimate of drug-likeness (QED) is 0.261. The minimum Gasteiger partial charge on any atom is -0.256 e. The summed E-state index contributed by atoms with van der Waals surface area (Å²) in [5, 5.41) is 0. The largest absolute Gasteiger partial charge is 0.422 e. The Bertz CT molecular complexity index is 1390. The molecule has 0 bridgehead atoms. The summed E-state index contributed by atoms with van der Waals surface area (Å²) in [5.41, 5.74) is -0.393. The summed E-state index contributed by atoms with van der Waals surface area (Å²) in [5.74, 6) is -3.35. The summed E-state index contributed by atoms with van der Waals surface area (Å²) in [7, 11) is 0. The number of hydrogen-bond acceptors (Lipinski definition) is 2. The summed E-state index contributed by atoms with van der Waals surface area (Å²) in [6.45, 7) is 7.94. The van der Waals surface area contributed by atoms with Gasteiger partial charge in [0.2, 0.25) is 0 Å². The molecule has 0 radical (unpaired) electrons. The number of benzene rings is 2. The van der Waals surface area contributed by atoms with Gasteiger partial charge in [-0.2, -0.15) is 13.2 Å². The highest BCUT2D eigenvalue weighted by Gasteiger charge is 2.39. The average molecular weight is 497 g/mol. The highest BCUT2D eigenvalue weighted by Crippen LogP contribution is 2.38. The van der Waals surface area contributed by atoms with Crippen LogP contribution in [0.15, 0.2) is 78.9 Å².